The standard InChI is InChI=1S/C17H11ClF3N3O2S/c18-12-6-4-10(5-7-12)15-23-24-16(26-15)27-9-14(25)22-13-3-1-2-11(8-13)17(19,20)21/h1-8H,9H2,(H,22,25). The third kappa shape index (κ3) is 5.24. The van der Waals surface area contributed by atoms with E-state index in [2.05, 4.69) is 15.5 Å². The zero-order valence-electron chi connectivity index (χ0n) is 13.5. The molecule has 3 rings (SSSR count). The van der Waals surface area contributed by atoms with Crippen molar-refractivity contribution in [1.29, 1.82) is 0 Å². The molecule has 0 saturated heterocycles. The Kier molecular flexibility index (Phi) is 5.71. The maximum Gasteiger partial charge on any atom is 0.416 e. The van der Waals surface area contributed by atoms with E-state index in [-0.39, 0.29) is 22.6 Å². The predicted octanol–water partition coefficient (Wildman–Crippen LogP) is 5.14. The number of rotatable bonds is 5. The molecule has 3 aromatic rings. The molecule has 0 atom stereocenters. The van der Waals surface area contributed by atoms with Crippen LogP contribution in [0.25, 0.3) is 11.5 Å². The molecule has 0 saturated carbocycles. The van der Waals surface area contributed by atoms with Gasteiger partial charge in [0.1, 0.15) is 0 Å². The first-order valence-electron chi connectivity index (χ1n) is 7.50. The van der Waals surface area contributed by atoms with Gasteiger partial charge in [-0.1, -0.05) is 29.4 Å². The summed E-state index contributed by atoms with van der Waals surface area (Å²) in [6, 6.07) is 11.2. The normalized spacial score (nSPS) is 11.4. The molecular formula is C17H11ClF3N3O2S. The van der Waals surface area contributed by atoms with Crippen molar-refractivity contribution in [3.05, 3.63) is 59.1 Å². The largest absolute Gasteiger partial charge is 0.416 e. The van der Waals surface area contributed by atoms with Gasteiger partial charge in [-0.25, -0.2) is 0 Å². The van der Waals surface area contributed by atoms with E-state index in [1.807, 2.05) is 0 Å². The molecule has 0 aliphatic carbocycles. The summed E-state index contributed by atoms with van der Waals surface area (Å²) < 4.78 is 43.5. The smallest absolute Gasteiger partial charge is 0.411 e. The molecule has 0 spiro atoms. The van der Waals surface area contributed by atoms with Gasteiger partial charge in [0.15, 0.2) is 0 Å². The third-order valence-corrected chi connectivity index (χ3v) is 4.37. The number of hydrogen-bond acceptors (Lipinski definition) is 5. The van der Waals surface area contributed by atoms with Gasteiger partial charge in [-0.3, -0.25) is 4.79 Å². The van der Waals surface area contributed by atoms with Crippen molar-refractivity contribution < 1.29 is 22.4 Å². The zero-order chi connectivity index (χ0) is 19.4. The van der Waals surface area contributed by atoms with Crippen molar-refractivity contribution in [1.82, 2.24) is 10.2 Å². The molecule has 27 heavy (non-hydrogen) atoms. The summed E-state index contributed by atoms with van der Waals surface area (Å²) in [4.78, 5) is 11.9. The summed E-state index contributed by atoms with van der Waals surface area (Å²) >= 11 is 6.79. The van der Waals surface area contributed by atoms with E-state index in [1.54, 1.807) is 24.3 Å². The van der Waals surface area contributed by atoms with Crippen LogP contribution in [-0.4, -0.2) is 21.9 Å². The molecule has 1 heterocycles. The molecule has 2 aromatic carbocycles. The summed E-state index contributed by atoms with van der Waals surface area (Å²) in [5.74, 6) is -0.323. The van der Waals surface area contributed by atoms with Crippen LogP contribution in [0.3, 0.4) is 0 Å². The summed E-state index contributed by atoms with van der Waals surface area (Å²) in [7, 11) is 0. The maximum atomic E-state index is 12.7. The Morgan fingerprint density at radius 3 is 2.59 bits per heavy atom. The number of carbonyl (C=O) groups is 1. The Balaban J connectivity index is 1.58. The quantitative estimate of drug-likeness (QED) is 0.586. The van der Waals surface area contributed by atoms with Gasteiger partial charge >= 0.3 is 6.18 Å². The van der Waals surface area contributed by atoms with Gasteiger partial charge in [-0.05, 0) is 42.5 Å². The molecule has 0 aliphatic rings. The second-order valence-electron chi connectivity index (χ2n) is 5.30. The van der Waals surface area contributed by atoms with E-state index >= 15 is 0 Å². The Morgan fingerprint density at radius 2 is 1.89 bits per heavy atom. The fourth-order valence-corrected chi connectivity index (χ4v) is 2.76. The molecule has 0 unspecified atom stereocenters. The number of benzene rings is 2. The molecule has 0 radical (unpaired) electrons. The van der Waals surface area contributed by atoms with Gasteiger partial charge in [0.05, 0.1) is 11.3 Å². The SMILES string of the molecule is O=C(CSc1nnc(-c2ccc(Cl)cc2)o1)Nc1cccc(C(F)(F)F)c1. The molecule has 0 fully saturated rings. The second kappa shape index (κ2) is 8.01. The van der Waals surface area contributed by atoms with E-state index in [9.17, 15) is 18.0 Å². The number of aromatic nitrogens is 2. The molecule has 5 nitrogen and oxygen atoms in total. The van der Waals surface area contributed by atoms with E-state index in [0.29, 0.717) is 10.6 Å². The predicted molar refractivity (Wildman–Crippen MR) is 95.5 cm³/mol. The summed E-state index contributed by atoms with van der Waals surface area (Å²) in [6.07, 6.45) is -4.47. The monoisotopic (exact) mass is 413 g/mol. The van der Waals surface area contributed by atoms with Gasteiger partial charge in [0.25, 0.3) is 5.22 Å². The van der Waals surface area contributed by atoms with E-state index in [1.165, 1.54) is 12.1 Å². The first-order valence-corrected chi connectivity index (χ1v) is 8.87. The maximum absolute atomic E-state index is 12.7. The fourth-order valence-electron chi connectivity index (χ4n) is 2.07. The Hall–Kier alpha value is -2.52. The van der Waals surface area contributed by atoms with Gasteiger partial charge in [-0.2, -0.15) is 13.2 Å². The van der Waals surface area contributed by atoms with E-state index in [0.717, 1.165) is 23.9 Å². The summed E-state index contributed by atoms with van der Waals surface area (Å²) in [5, 5.41) is 10.8. The molecule has 10 heteroatoms. The second-order valence-corrected chi connectivity index (χ2v) is 6.66. The number of nitrogens with zero attached hydrogens (tertiary/aromatic N) is 2. The van der Waals surface area contributed by atoms with Crippen LogP contribution in [0.1, 0.15) is 5.56 Å². The lowest BCUT2D eigenvalue weighted by Crippen LogP contribution is -2.15. The van der Waals surface area contributed by atoms with Crippen molar-refractivity contribution in [3.63, 3.8) is 0 Å². The highest BCUT2D eigenvalue weighted by atomic mass is 35.5. The Morgan fingerprint density at radius 1 is 1.15 bits per heavy atom. The molecular weight excluding hydrogens is 403 g/mol. The molecule has 1 N–H and O–H groups in total. The number of nitrogens with one attached hydrogen (secondary N) is 1. The van der Waals surface area contributed by atoms with Crippen LogP contribution in [-0.2, 0) is 11.0 Å². The number of hydrogen-bond donors (Lipinski definition) is 1. The lowest BCUT2D eigenvalue weighted by molar-refractivity contribution is -0.137. The Bertz CT molecular complexity index is 945. The van der Waals surface area contributed by atoms with Crippen molar-refractivity contribution in [2.45, 2.75) is 11.4 Å². The van der Waals surface area contributed by atoms with E-state index in [4.69, 9.17) is 16.0 Å². The molecule has 1 amide bonds. The third-order valence-electron chi connectivity index (χ3n) is 3.30. The number of carbonyl (C=O) groups excluding carboxylic acids is 1. The van der Waals surface area contributed by atoms with Gasteiger partial charge in [0.2, 0.25) is 11.8 Å². The van der Waals surface area contributed by atoms with Gasteiger partial charge in [-0.15, -0.1) is 10.2 Å². The minimum absolute atomic E-state index is 0.0582. The lowest BCUT2D eigenvalue weighted by Gasteiger charge is -2.09. The minimum atomic E-state index is -4.47. The zero-order valence-corrected chi connectivity index (χ0v) is 15.0. The van der Waals surface area contributed by atoms with Crippen LogP contribution in [0.2, 0.25) is 5.02 Å². The lowest BCUT2D eigenvalue weighted by atomic mass is 10.2. The fraction of sp³-hybridized carbons (Fsp3) is 0.118. The first kappa shape index (κ1) is 19.2. The highest BCUT2D eigenvalue weighted by Gasteiger charge is 2.30. The number of anilines is 1. The number of halogens is 4. The van der Waals surface area contributed by atoms with Gasteiger partial charge < -0.3 is 9.73 Å². The topological polar surface area (TPSA) is 68.0 Å². The molecule has 1 aromatic heterocycles. The van der Waals surface area contributed by atoms with Crippen molar-refractivity contribution >= 4 is 35.0 Å². The van der Waals surface area contributed by atoms with Crippen LogP contribution >= 0.6 is 23.4 Å². The summed E-state index contributed by atoms with van der Waals surface area (Å²) in [5.41, 5.74) is -0.104. The number of thioether (sulfide) groups is 1. The van der Waals surface area contributed by atoms with Crippen molar-refractivity contribution in [2.75, 3.05) is 11.1 Å². The van der Waals surface area contributed by atoms with Crippen LogP contribution in [0.4, 0.5) is 18.9 Å². The van der Waals surface area contributed by atoms with Crippen LogP contribution < -0.4 is 5.32 Å². The minimum Gasteiger partial charge on any atom is -0.411 e. The molecule has 0 aliphatic heterocycles. The van der Waals surface area contributed by atoms with Crippen molar-refractivity contribution in [3.8, 4) is 11.5 Å². The first-order chi connectivity index (χ1) is 12.8. The van der Waals surface area contributed by atoms with Crippen LogP contribution in [0.15, 0.2) is 58.2 Å². The average molecular weight is 414 g/mol. The number of amides is 1. The van der Waals surface area contributed by atoms with Crippen LogP contribution in [0, 0.1) is 0 Å². The highest BCUT2D eigenvalue weighted by molar-refractivity contribution is 7.99. The molecule has 140 valence electrons. The average Bonchev–Trinajstić information content (AvgIpc) is 3.09. The molecule has 0 bridgehead atoms. The Labute approximate surface area is 160 Å². The van der Waals surface area contributed by atoms with Crippen molar-refractivity contribution in [2.24, 2.45) is 0 Å². The van der Waals surface area contributed by atoms with E-state index < -0.39 is 17.6 Å². The summed E-state index contributed by atoms with van der Waals surface area (Å²) in [6.45, 7) is 0. The van der Waals surface area contributed by atoms with Gasteiger partial charge in [0, 0.05) is 16.3 Å². The number of alkyl halides is 3. The highest BCUT2D eigenvalue weighted by Crippen LogP contribution is 2.31. The van der Waals surface area contributed by atoms with Crippen LogP contribution in [0.5, 0.6) is 0 Å².